The molecule has 0 bridgehead atoms. The number of rotatable bonds is 2. The van der Waals surface area contributed by atoms with Crippen molar-refractivity contribution in [2.24, 2.45) is 0 Å². The smallest absolute Gasteiger partial charge is 0.270 e. The van der Waals surface area contributed by atoms with Gasteiger partial charge in [0.05, 0.1) is 6.61 Å². The topological polar surface area (TPSA) is 49.8 Å². The van der Waals surface area contributed by atoms with E-state index in [2.05, 4.69) is 4.84 Å². The lowest BCUT2D eigenvalue weighted by Gasteiger charge is -2.08. The molecule has 1 N–H and O–H groups in total. The first-order chi connectivity index (χ1) is 3.68. The van der Waals surface area contributed by atoms with Crippen molar-refractivity contribution in [3.05, 3.63) is 0 Å². The summed E-state index contributed by atoms with van der Waals surface area (Å²) >= 11 is 0. The lowest BCUT2D eigenvalue weighted by atomic mass is 10.8. The maximum atomic E-state index is 10.1. The highest BCUT2D eigenvalue weighted by molar-refractivity contribution is 5.70. The van der Waals surface area contributed by atoms with Crippen molar-refractivity contribution >= 4 is 5.91 Å². The molecule has 0 atom stereocenters. The molecule has 0 heterocycles. The summed E-state index contributed by atoms with van der Waals surface area (Å²) < 4.78 is 0. The Hall–Kier alpha value is -0.610. The molecular formula is C4H9NO3. The number of hydrogen-bond acceptors (Lipinski definition) is 3. The molecule has 1 amide bonds. The van der Waals surface area contributed by atoms with E-state index in [0.29, 0.717) is 0 Å². The number of amides is 1. The number of nitrogens with zero attached hydrogens (tertiary/aromatic N) is 1. The minimum atomic E-state index is -0.521. The fourth-order valence-corrected chi connectivity index (χ4v) is 0.213. The van der Waals surface area contributed by atoms with Crippen LogP contribution in [0.25, 0.3) is 0 Å². The van der Waals surface area contributed by atoms with E-state index in [1.807, 2.05) is 0 Å². The van der Waals surface area contributed by atoms with Crippen LogP contribution in [0.4, 0.5) is 0 Å². The van der Waals surface area contributed by atoms with Crippen molar-refractivity contribution in [3.8, 4) is 0 Å². The molecule has 0 aliphatic heterocycles. The second-order valence-electron chi connectivity index (χ2n) is 1.21. The maximum absolute atomic E-state index is 10.1. The van der Waals surface area contributed by atoms with E-state index < -0.39 is 5.91 Å². The predicted molar refractivity (Wildman–Crippen MR) is 25.9 cm³/mol. The first kappa shape index (κ1) is 7.39. The second kappa shape index (κ2) is 3.40. The Morgan fingerprint density at radius 1 is 1.88 bits per heavy atom. The van der Waals surface area contributed by atoms with Gasteiger partial charge < -0.3 is 0 Å². The highest BCUT2D eigenvalue weighted by Crippen LogP contribution is 1.82. The molecule has 0 aromatic heterocycles. The predicted octanol–water partition coefficient (Wildman–Crippen LogP) is 0.176. The second-order valence-corrected chi connectivity index (χ2v) is 1.21. The van der Waals surface area contributed by atoms with Crippen molar-refractivity contribution < 1.29 is 14.8 Å². The van der Waals surface area contributed by atoms with Gasteiger partial charge in [-0.2, -0.15) is 0 Å². The van der Waals surface area contributed by atoms with Crippen molar-refractivity contribution in [3.63, 3.8) is 0 Å². The van der Waals surface area contributed by atoms with Gasteiger partial charge in [0.25, 0.3) is 5.91 Å². The average molecular weight is 119 g/mol. The lowest BCUT2D eigenvalue weighted by molar-refractivity contribution is -0.311. The van der Waals surface area contributed by atoms with Crippen LogP contribution in [-0.4, -0.2) is 22.9 Å². The van der Waals surface area contributed by atoms with Crippen LogP contribution in [0.3, 0.4) is 0 Å². The largest absolute Gasteiger partial charge is 0.270 e. The van der Waals surface area contributed by atoms with E-state index in [0.717, 1.165) is 0 Å². The van der Waals surface area contributed by atoms with E-state index in [1.54, 1.807) is 6.92 Å². The summed E-state index contributed by atoms with van der Waals surface area (Å²) in [5.74, 6) is -0.521. The zero-order valence-electron chi connectivity index (χ0n) is 4.92. The Bertz CT molecular complexity index is 83.4. The molecule has 0 aliphatic rings. The van der Waals surface area contributed by atoms with Gasteiger partial charge in [0.2, 0.25) is 0 Å². The standard InChI is InChI=1S/C4H9NO3/c1-3-8-5(7)4(2)6/h7H,3H2,1-2H3. The molecular weight excluding hydrogens is 110 g/mol. The Balaban J connectivity index is 3.32. The molecule has 0 aromatic carbocycles. The molecule has 48 valence electrons. The SMILES string of the molecule is CCON(O)C(C)=O. The van der Waals surface area contributed by atoms with Crippen molar-refractivity contribution in [2.75, 3.05) is 6.61 Å². The molecule has 8 heavy (non-hydrogen) atoms. The van der Waals surface area contributed by atoms with Crippen LogP contribution in [-0.2, 0) is 9.63 Å². The minimum absolute atomic E-state index is 0.208. The first-order valence-corrected chi connectivity index (χ1v) is 2.31. The molecule has 4 heteroatoms. The molecule has 0 saturated carbocycles. The summed E-state index contributed by atoms with van der Waals surface area (Å²) in [5.41, 5.74) is 0. The van der Waals surface area contributed by atoms with Crippen LogP contribution < -0.4 is 0 Å². The summed E-state index contributed by atoms with van der Waals surface area (Å²) in [5, 5.41) is 8.60. The van der Waals surface area contributed by atoms with Crippen LogP contribution in [0.15, 0.2) is 0 Å². The molecule has 4 nitrogen and oxygen atoms in total. The fraction of sp³-hybridized carbons (Fsp3) is 0.750. The summed E-state index contributed by atoms with van der Waals surface area (Å²) in [6.07, 6.45) is 0. The summed E-state index contributed by atoms with van der Waals surface area (Å²) in [6, 6.07) is 0. The number of hydrogen-bond donors (Lipinski definition) is 1. The van der Waals surface area contributed by atoms with Crippen LogP contribution >= 0.6 is 0 Å². The molecule has 0 radical (unpaired) electrons. The fourth-order valence-electron chi connectivity index (χ4n) is 0.213. The van der Waals surface area contributed by atoms with Crippen molar-refractivity contribution in [2.45, 2.75) is 13.8 Å². The molecule has 0 unspecified atom stereocenters. The normalized spacial score (nSPS) is 8.88. The van der Waals surface area contributed by atoms with Crippen LogP contribution in [0, 0.1) is 0 Å². The highest BCUT2D eigenvalue weighted by atomic mass is 16.9. The highest BCUT2D eigenvalue weighted by Gasteiger charge is 2.00. The van der Waals surface area contributed by atoms with E-state index in [-0.39, 0.29) is 11.8 Å². The van der Waals surface area contributed by atoms with Gasteiger partial charge >= 0.3 is 0 Å². The monoisotopic (exact) mass is 119 g/mol. The van der Waals surface area contributed by atoms with E-state index in [1.165, 1.54) is 6.92 Å². The molecule has 0 aromatic rings. The molecule has 0 aliphatic carbocycles. The van der Waals surface area contributed by atoms with Gasteiger partial charge in [-0.25, -0.2) is 4.84 Å². The third-order valence-corrected chi connectivity index (χ3v) is 0.521. The Morgan fingerprint density at radius 2 is 2.38 bits per heavy atom. The molecule has 0 fully saturated rings. The third kappa shape index (κ3) is 2.54. The zero-order valence-corrected chi connectivity index (χ0v) is 4.92. The molecule has 0 spiro atoms. The third-order valence-electron chi connectivity index (χ3n) is 0.521. The van der Waals surface area contributed by atoms with Gasteiger partial charge in [0.15, 0.2) is 0 Å². The van der Waals surface area contributed by atoms with E-state index >= 15 is 0 Å². The summed E-state index contributed by atoms with van der Waals surface area (Å²) in [6.45, 7) is 3.16. The van der Waals surface area contributed by atoms with Crippen molar-refractivity contribution in [1.82, 2.24) is 5.23 Å². The quantitative estimate of drug-likeness (QED) is 0.416. The van der Waals surface area contributed by atoms with Crippen LogP contribution in [0.2, 0.25) is 0 Å². The zero-order chi connectivity index (χ0) is 6.57. The van der Waals surface area contributed by atoms with E-state index in [4.69, 9.17) is 5.21 Å². The van der Waals surface area contributed by atoms with Gasteiger partial charge in [-0.05, 0) is 6.92 Å². The maximum Gasteiger partial charge on any atom is 0.270 e. The van der Waals surface area contributed by atoms with Crippen molar-refractivity contribution in [1.29, 1.82) is 0 Å². The summed E-state index contributed by atoms with van der Waals surface area (Å²) in [7, 11) is 0. The Kier molecular flexibility index (Phi) is 3.14. The van der Waals surface area contributed by atoms with Gasteiger partial charge in [-0.1, -0.05) is 5.23 Å². The molecule has 0 saturated heterocycles. The Labute approximate surface area is 47.6 Å². The van der Waals surface area contributed by atoms with Gasteiger partial charge in [0.1, 0.15) is 0 Å². The first-order valence-electron chi connectivity index (χ1n) is 2.31. The number of carbonyl (C=O) groups excluding carboxylic acids is 1. The number of carbonyl (C=O) groups is 1. The van der Waals surface area contributed by atoms with E-state index in [9.17, 15) is 4.79 Å². The Morgan fingerprint density at radius 3 is 2.50 bits per heavy atom. The van der Waals surface area contributed by atoms with Gasteiger partial charge in [0, 0.05) is 6.92 Å². The van der Waals surface area contributed by atoms with Gasteiger partial charge in [-0.3, -0.25) is 10.0 Å². The summed E-state index contributed by atoms with van der Waals surface area (Å²) in [4.78, 5) is 14.4. The van der Waals surface area contributed by atoms with Gasteiger partial charge in [-0.15, -0.1) is 0 Å². The van der Waals surface area contributed by atoms with Crippen LogP contribution in [0.1, 0.15) is 13.8 Å². The average Bonchev–Trinajstić information content (AvgIpc) is 1.67. The number of hydroxylamine groups is 2. The lowest BCUT2D eigenvalue weighted by Crippen LogP contribution is -2.24. The molecule has 0 rings (SSSR count). The van der Waals surface area contributed by atoms with Crippen LogP contribution in [0.5, 0.6) is 0 Å². The minimum Gasteiger partial charge on any atom is -0.270 e.